The quantitative estimate of drug-likeness (QED) is 0.697. The first-order chi connectivity index (χ1) is 7.75. The maximum absolute atomic E-state index is 2.65. The van der Waals surface area contributed by atoms with Gasteiger partial charge in [-0.2, -0.15) is 0 Å². The summed E-state index contributed by atoms with van der Waals surface area (Å²) in [4.78, 5) is 2.65. The molecule has 0 amide bonds. The lowest BCUT2D eigenvalue weighted by molar-refractivity contribution is 0.131. The Morgan fingerprint density at radius 1 is 0.875 bits per heavy atom. The Kier molecular flexibility index (Phi) is 4.69. The highest BCUT2D eigenvalue weighted by atomic mass is 15.1. The van der Waals surface area contributed by atoms with Gasteiger partial charge in [-0.3, -0.25) is 0 Å². The van der Waals surface area contributed by atoms with Crippen molar-refractivity contribution in [1.29, 1.82) is 0 Å². The second-order valence-corrected chi connectivity index (χ2v) is 6.31. The van der Waals surface area contributed by atoms with Gasteiger partial charge in [0.15, 0.2) is 0 Å². The zero-order valence-electron chi connectivity index (χ0n) is 11.3. The summed E-state index contributed by atoms with van der Waals surface area (Å²) in [5.41, 5.74) is 0. The summed E-state index contributed by atoms with van der Waals surface area (Å²) in [6, 6.07) is 0.760. The van der Waals surface area contributed by atoms with Crippen molar-refractivity contribution < 1.29 is 0 Å². The third kappa shape index (κ3) is 3.48. The molecular formula is C15H29N. The molecule has 0 aromatic rings. The fourth-order valence-corrected chi connectivity index (χ4v) is 3.60. The van der Waals surface area contributed by atoms with E-state index in [1.165, 1.54) is 58.0 Å². The van der Waals surface area contributed by atoms with E-state index in [-0.39, 0.29) is 0 Å². The third-order valence-electron chi connectivity index (χ3n) is 4.77. The molecule has 1 heteroatoms. The van der Waals surface area contributed by atoms with Gasteiger partial charge in [0.1, 0.15) is 0 Å². The summed E-state index contributed by atoms with van der Waals surface area (Å²) in [6.45, 7) is 7.38. The van der Waals surface area contributed by atoms with Crippen LogP contribution in [0.15, 0.2) is 0 Å². The number of nitrogens with zero attached hydrogens (tertiary/aromatic N) is 1. The fourth-order valence-electron chi connectivity index (χ4n) is 3.60. The predicted molar refractivity (Wildman–Crippen MR) is 70.6 cm³/mol. The van der Waals surface area contributed by atoms with Crippen LogP contribution < -0.4 is 0 Å². The van der Waals surface area contributed by atoms with Crippen LogP contribution in [-0.4, -0.2) is 24.0 Å². The van der Waals surface area contributed by atoms with Gasteiger partial charge >= 0.3 is 0 Å². The van der Waals surface area contributed by atoms with Gasteiger partial charge in [0.05, 0.1) is 0 Å². The van der Waals surface area contributed by atoms with E-state index in [2.05, 4.69) is 18.7 Å². The largest absolute Gasteiger partial charge is 0.301 e. The van der Waals surface area contributed by atoms with Gasteiger partial charge in [-0.25, -0.2) is 0 Å². The Morgan fingerprint density at radius 2 is 1.44 bits per heavy atom. The minimum Gasteiger partial charge on any atom is -0.301 e. The van der Waals surface area contributed by atoms with Gasteiger partial charge in [-0.1, -0.05) is 32.1 Å². The molecule has 0 aromatic heterocycles. The standard InChI is InChI=1S/C15H29N/c1-13(2)16-10-8-15(9-11-16)12-14-6-4-3-5-7-14/h13-15H,3-12H2,1-2H3. The summed E-state index contributed by atoms with van der Waals surface area (Å²) >= 11 is 0. The first-order valence-electron chi connectivity index (χ1n) is 7.49. The zero-order chi connectivity index (χ0) is 11.4. The van der Waals surface area contributed by atoms with E-state index in [1.54, 1.807) is 6.42 Å². The summed E-state index contributed by atoms with van der Waals surface area (Å²) in [5, 5.41) is 0. The molecule has 0 aromatic carbocycles. The molecule has 94 valence electrons. The van der Waals surface area contributed by atoms with Crippen LogP contribution in [0.1, 0.15) is 65.2 Å². The van der Waals surface area contributed by atoms with Gasteiger partial charge in [0.25, 0.3) is 0 Å². The van der Waals surface area contributed by atoms with Crippen molar-refractivity contribution in [3.05, 3.63) is 0 Å². The van der Waals surface area contributed by atoms with Crippen molar-refractivity contribution >= 4 is 0 Å². The van der Waals surface area contributed by atoms with Gasteiger partial charge in [0, 0.05) is 6.04 Å². The second kappa shape index (κ2) is 6.05. The minimum atomic E-state index is 0.760. The van der Waals surface area contributed by atoms with Gasteiger partial charge < -0.3 is 4.90 Å². The molecule has 1 nitrogen and oxygen atoms in total. The van der Waals surface area contributed by atoms with Crippen LogP contribution in [0.5, 0.6) is 0 Å². The van der Waals surface area contributed by atoms with Crippen LogP contribution in [0.4, 0.5) is 0 Å². The summed E-state index contributed by atoms with van der Waals surface area (Å²) in [5.74, 6) is 2.14. The Hall–Kier alpha value is -0.0400. The lowest BCUT2D eigenvalue weighted by Crippen LogP contribution is -2.38. The van der Waals surface area contributed by atoms with Crippen molar-refractivity contribution in [3.63, 3.8) is 0 Å². The highest BCUT2D eigenvalue weighted by molar-refractivity contribution is 4.77. The number of piperidine rings is 1. The van der Waals surface area contributed by atoms with Crippen molar-refractivity contribution in [2.24, 2.45) is 11.8 Å². The molecule has 0 spiro atoms. The fraction of sp³-hybridized carbons (Fsp3) is 1.00. The average Bonchev–Trinajstić information content (AvgIpc) is 2.31. The molecular weight excluding hydrogens is 194 g/mol. The molecule has 2 fully saturated rings. The highest BCUT2D eigenvalue weighted by Gasteiger charge is 2.24. The van der Waals surface area contributed by atoms with Crippen LogP contribution in [0.2, 0.25) is 0 Å². The van der Waals surface area contributed by atoms with Crippen LogP contribution >= 0.6 is 0 Å². The van der Waals surface area contributed by atoms with Gasteiger partial charge in [0.2, 0.25) is 0 Å². The highest BCUT2D eigenvalue weighted by Crippen LogP contribution is 2.33. The first-order valence-corrected chi connectivity index (χ1v) is 7.49. The van der Waals surface area contributed by atoms with Crippen molar-refractivity contribution in [3.8, 4) is 0 Å². The van der Waals surface area contributed by atoms with Crippen LogP contribution in [0.3, 0.4) is 0 Å². The molecule has 0 N–H and O–H groups in total. The Morgan fingerprint density at radius 3 is 2.00 bits per heavy atom. The molecule has 1 saturated carbocycles. The molecule has 1 saturated heterocycles. The number of likely N-dealkylation sites (tertiary alicyclic amines) is 1. The van der Waals surface area contributed by atoms with E-state index in [9.17, 15) is 0 Å². The first kappa shape index (κ1) is 12.4. The van der Waals surface area contributed by atoms with E-state index in [1.807, 2.05) is 0 Å². The summed E-state index contributed by atoms with van der Waals surface area (Å²) < 4.78 is 0. The van der Waals surface area contributed by atoms with E-state index in [4.69, 9.17) is 0 Å². The smallest absolute Gasteiger partial charge is 0.00385 e. The lowest BCUT2D eigenvalue weighted by Gasteiger charge is -2.36. The Balaban J connectivity index is 1.68. The maximum Gasteiger partial charge on any atom is 0.00385 e. The molecule has 1 heterocycles. The van der Waals surface area contributed by atoms with Gasteiger partial charge in [-0.05, 0) is 58.0 Å². The topological polar surface area (TPSA) is 3.24 Å². The van der Waals surface area contributed by atoms with Crippen LogP contribution in [0, 0.1) is 11.8 Å². The van der Waals surface area contributed by atoms with E-state index in [0.717, 1.165) is 17.9 Å². The molecule has 0 atom stereocenters. The van der Waals surface area contributed by atoms with Crippen molar-refractivity contribution in [1.82, 2.24) is 4.90 Å². The van der Waals surface area contributed by atoms with E-state index >= 15 is 0 Å². The Labute approximate surface area is 102 Å². The molecule has 0 radical (unpaired) electrons. The predicted octanol–water partition coefficient (Wildman–Crippen LogP) is 4.08. The number of hydrogen-bond acceptors (Lipinski definition) is 1. The monoisotopic (exact) mass is 223 g/mol. The molecule has 1 aliphatic carbocycles. The normalized spacial score (nSPS) is 26.4. The van der Waals surface area contributed by atoms with Crippen molar-refractivity contribution in [2.45, 2.75) is 71.3 Å². The maximum atomic E-state index is 2.65. The molecule has 16 heavy (non-hydrogen) atoms. The van der Waals surface area contributed by atoms with E-state index < -0.39 is 0 Å². The Bertz CT molecular complexity index is 186. The average molecular weight is 223 g/mol. The van der Waals surface area contributed by atoms with Crippen LogP contribution in [0.25, 0.3) is 0 Å². The SMILES string of the molecule is CC(C)N1CCC(CC2CCCCC2)CC1. The molecule has 2 aliphatic rings. The lowest BCUT2D eigenvalue weighted by atomic mass is 9.80. The summed E-state index contributed by atoms with van der Waals surface area (Å²) in [7, 11) is 0. The second-order valence-electron chi connectivity index (χ2n) is 6.31. The minimum absolute atomic E-state index is 0.760. The molecule has 1 aliphatic heterocycles. The molecule has 2 rings (SSSR count). The molecule has 0 bridgehead atoms. The number of hydrogen-bond donors (Lipinski definition) is 0. The van der Waals surface area contributed by atoms with Crippen LogP contribution in [-0.2, 0) is 0 Å². The van der Waals surface area contributed by atoms with Gasteiger partial charge in [-0.15, -0.1) is 0 Å². The summed E-state index contributed by atoms with van der Waals surface area (Å²) in [6.07, 6.45) is 12.1. The molecule has 0 unspecified atom stereocenters. The van der Waals surface area contributed by atoms with Crippen molar-refractivity contribution in [2.75, 3.05) is 13.1 Å². The third-order valence-corrected chi connectivity index (χ3v) is 4.77. The van der Waals surface area contributed by atoms with E-state index in [0.29, 0.717) is 0 Å². The zero-order valence-corrected chi connectivity index (χ0v) is 11.3. The number of rotatable bonds is 3.